The van der Waals surface area contributed by atoms with Crippen molar-refractivity contribution < 1.29 is 27.2 Å². The van der Waals surface area contributed by atoms with Gasteiger partial charge < -0.3 is 9.15 Å². The Hall–Kier alpha value is -2.75. The molecule has 0 radical (unpaired) electrons. The molecule has 2 heterocycles. The largest absolute Gasteiger partial charge is 0.468 e. The summed E-state index contributed by atoms with van der Waals surface area (Å²) in [6.07, 6.45) is 1.45. The molecule has 0 aliphatic carbocycles. The first-order chi connectivity index (χ1) is 13.0. The number of rotatable bonds is 8. The monoisotopic (exact) mass is 405 g/mol. The molecule has 0 atom stereocenters. The Balaban J connectivity index is 1.58. The van der Waals surface area contributed by atoms with Gasteiger partial charge in [0.2, 0.25) is 15.8 Å². The highest BCUT2D eigenvalue weighted by Crippen LogP contribution is 2.13. The van der Waals surface area contributed by atoms with Gasteiger partial charge in [-0.2, -0.15) is 0 Å². The summed E-state index contributed by atoms with van der Waals surface area (Å²) in [5, 5.41) is 1.76. The van der Waals surface area contributed by atoms with Crippen molar-refractivity contribution in [3.8, 4) is 0 Å². The Morgan fingerprint density at radius 3 is 2.48 bits per heavy atom. The van der Waals surface area contributed by atoms with Gasteiger partial charge in [-0.05, 0) is 47.8 Å². The fraction of sp³-hybridized carbons (Fsp3) is 0.111. The molecule has 0 spiro atoms. The molecule has 1 N–H and O–H groups in total. The van der Waals surface area contributed by atoms with Crippen LogP contribution in [0.1, 0.15) is 25.8 Å². The van der Waals surface area contributed by atoms with E-state index < -0.39 is 16.0 Å². The third-order valence-electron chi connectivity index (χ3n) is 3.55. The summed E-state index contributed by atoms with van der Waals surface area (Å²) in [5.74, 6) is -0.513. The number of ether oxygens (including phenoxy) is 1. The highest BCUT2D eigenvalue weighted by atomic mass is 32.2. The Labute approximate surface area is 159 Å². The number of carbonyl (C=O) groups excluding carboxylic acids is 2. The lowest BCUT2D eigenvalue weighted by Gasteiger charge is -2.07. The van der Waals surface area contributed by atoms with E-state index >= 15 is 0 Å². The van der Waals surface area contributed by atoms with Gasteiger partial charge in [0.1, 0.15) is 5.76 Å². The van der Waals surface area contributed by atoms with E-state index in [2.05, 4.69) is 4.72 Å². The number of nitrogens with one attached hydrogen (secondary N) is 1. The second kappa shape index (κ2) is 8.30. The summed E-state index contributed by atoms with van der Waals surface area (Å²) in [6.45, 7) is -0.353. The van der Waals surface area contributed by atoms with E-state index in [1.54, 1.807) is 29.6 Å². The lowest BCUT2D eigenvalue weighted by Crippen LogP contribution is -2.23. The normalized spacial score (nSPS) is 11.3. The van der Waals surface area contributed by atoms with Gasteiger partial charge in [0.05, 0.1) is 28.1 Å². The third-order valence-corrected chi connectivity index (χ3v) is 5.88. The topological polar surface area (TPSA) is 103 Å². The van der Waals surface area contributed by atoms with Crippen LogP contribution in [0.15, 0.2) is 69.5 Å². The highest BCUT2D eigenvalue weighted by molar-refractivity contribution is 7.89. The molecule has 3 aromatic rings. The molecule has 0 aliphatic heterocycles. The number of hydrogen-bond donors (Lipinski definition) is 1. The van der Waals surface area contributed by atoms with Gasteiger partial charge in [-0.15, -0.1) is 11.3 Å². The molecule has 0 aliphatic rings. The van der Waals surface area contributed by atoms with Gasteiger partial charge in [0, 0.05) is 0 Å². The van der Waals surface area contributed by atoms with Crippen molar-refractivity contribution in [1.29, 1.82) is 0 Å². The molecule has 9 heteroatoms. The minimum atomic E-state index is -3.75. The number of ketones is 1. The van der Waals surface area contributed by atoms with Crippen LogP contribution in [0, 0.1) is 0 Å². The maximum atomic E-state index is 12.2. The molecular weight excluding hydrogens is 390 g/mol. The summed E-state index contributed by atoms with van der Waals surface area (Å²) in [5.41, 5.74) is 0.152. The van der Waals surface area contributed by atoms with Crippen molar-refractivity contribution >= 4 is 33.1 Å². The average Bonchev–Trinajstić information content (AvgIpc) is 3.38. The molecular formula is C18H15NO6S2. The molecule has 0 bridgehead atoms. The van der Waals surface area contributed by atoms with Gasteiger partial charge in [0.25, 0.3) is 0 Å². The predicted molar refractivity (Wildman–Crippen MR) is 98.1 cm³/mol. The quantitative estimate of drug-likeness (QED) is 0.457. The fourth-order valence-electron chi connectivity index (χ4n) is 2.16. The smallest absolute Gasteiger partial charge is 0.338 e. The molecule has 1 aromatic carbocycles. The van der Waals surface area contributed by atoms with Crippen LogP contribution in [0.4, 0.5) is 0 Å². The van der Waals surface area contributed by atoms with Crippen molar-refractivity contribution in [2.45, 2.75) is 11.4 Å². The first-order valence-corrected chi connectivity index (χ1v) is 10.2. The lowest BCUT2D eigenvalue weighted by atomic mass is 10.2. The predicted octanol–water partition coefficient (Wildman–Crippen LogP) is 2.86. The molecule has 0 saturated heterocycles. The van der Waals surface area contributed by atoms with E-state index in [-0.39, 0.29) is 29.4 Å². The van der Waals surface area contributed by atoms with E-state index in [4.69, 9.17) is 9.15 Å². The zero-order chi connectivity index (χ0) is 19.3. The number of esters is 1. The van der Waals surface area contributed by atoms with Crippen LogP contribution in [0.5, 0.6) is 0 Å². The Bertz CT molecular complexity index is 1010. The maximum absolute atomic E-state index is 12.2. The molecule has 7 nitrogen and oxygen atoms in total. The zero-order valence-corrected chi connectivity index (χ0v) is 15.6. The van der Waals surface area contributed by atoms with Crippen LogP contribution < -0.4 is 4.72 Å². The first-order valence-electron chi connectivity index (χ1n) is 7.81. The SMILES string of the molecule is O=C(OCC(=O)c1cccs1)c1ccc(S(=O)(=O)NCc2ccco2)cc1. The molecule has 0 fully saturated rings. The summed E-state index contributed by atoms with van der Waals surface area (Å²) < 4.78 is 36.9. The second-order valence-corrected chi connectivity index (χ2v) is 8.12. The second-order valence-electron chi connectivity index (χ2n) is 5.40. The van der Waals surface area contributed by atoms with Gasteiger partial charge >= 0.3 is 5.97 Å². The average molecular weight is 405 g/mol. The Morgan fingerprint density at radius 1 is 1.07 bits per heavy atom. The zero-order valence-electron chi connectivity index (χ0n) is 14.0. The van der Waals surface area contributed by atoms with E-state index in [0.717, 1.165) is 0 Å². The lowest BCUT2D eigenvalue weighted by molar-refractivity contribution is 0.0475. The number of thiophene rings is 1. The van der Waals surface area contributed by atoms with Gasteiger partial charge in [0.15, 0.2) is 6.61 Å². The minimum absolute atomic E-state index is 0.000248. The van der Waals surface area contributed by atoms with Crippen LogP contribution in [0.2, 0.25) is 0 Å². The number of benzene rings is 1. The summed E-state index contributed by atoms with van der Waals surface area (Å²) in [4.78, 5) is 24.4. The molecule has 140 valence electrons. The number of carbonyl (C=O) groups is 2. The van der Waals surface area contributed by atoms with Crippen molar-refractivity contribution in [2.24, 2.45) is 0 Å². The Morgan fingerprint density at radius 2 is 1.85 bits per heavy atom. The minimum Gasteiger partial charge on any atom is -0.468 e. The van der Waals surface area contributed by atoms with Gasteiger partial charge in [-0.25, -0.2) is 17.9 Å². The van der Waals surface area contributed by atoms with E-state index in [9.17, 15) is 18.0 Å². The van der Waals surface area contributed by atoms with Crippen molar-refractivity contribution in [3.63, 3.8) is 0 Å². The van der Waals surface area contributed by atoms with Crippen LogP contribution >= 0.6 is 11.3 Å². The maximum Gasteiger partial charge on any atom is 0.338 e. The van der Waals surface area contributed by atoms with Crippen molar-refractivity contribution in [2.75, 3.05) is 6.61 Å². The van der Waals surface area contributed by atoms with Crippen LogP contribution in [-0.4, -0.2) is 26.8 Å². The van der Waals surface area contributed by atoms with E-state index in [1.165, 1.54) is 41.9 Å². The van der Waals surface area contributed by atoms with E-state index in [0.29, 0.717) is 10.6 Å². The van der Waals surface area contributed by atoms with Crippen molar-refractivity contribution in [3.05, 3.63) is 76.4 Å². The Kier molecular flexibility index (Phi) is 5.84. The molecule has 0 saturated carbocycles. The number of Topliss-reactive ketones (excluding diaryl/α,β-unsaturated/α-hetero) is 1. The van der Waals surface area contributed by atoms with E-state index in [1.807, 2.05) is 0 Å². The molecule has 2 aromatic heterocycles. The van der Waals surface area contributed by atoms with Gasteiger partial charge in [-0.1, -0.05) is 6.07 Å². The summed E-state index contributed by atoms with van der Waals surface area (Å²) in [6, 6.07) is 11.9. The molecule has 0 unspecified atom stereocenters. The summed E-state index contributed by atoms with van der Waals surface area (Å²) >= 11 is 1.27. The highest BCUT2D eigenvalue weighted by Gasteiger charge is 2.17. The van der Waals surface area contributed by atoms with Crippen LogP contribution in [0.3, 0.4) is 0 Å². The van der Waals surface area contributed by atoms with Crippen molar-refractivity contribution in [1.82, 2.24) is 4.72 Å². The molecule has 27 heavy (non-hydrogen) atoms. The van der Waals surface area contributed by atoms with Crippen LogP contribution in [-0.2, 0) is 21.3 Å². The number of sulfonamides is 1. The van der Waals surface area contributed by atoms with Gasteiger partial charge in [-0.3, -0.25) is 4.79 Å². The van der Waals surface area contributed by atoms with Crippen LogP contribution in [0.25, 0.3) is 0 Å². The summed E-state index contributed by atoms with van der Waals surface area (Å²) in [7, 11) is -3.75. The number of furan rings is 1. The fourth-order valence-corrected chi connectivity index (χ4v) is 3.80. The molecule has 3 rings (SSSR count). The number of hydrogen-bond acceptors (Lipinski definition) is 7. The molecule has 0 amide bonds. The first kappa shape index (κ1) is 19.0. The standard InChI is InChI=1S/C18H15NO6S2/c20-16(17-4-2-10-26-17)12-25-18(21)13-5-7-15(8-6-13)27(22,23)19-11-14-3-1-9-24-14/h1-10,19H,11-12H2. The third kappa shape index (κ3) is 4.91.